The van der Waals surface area contributed by atoms with Crippen LogP contribution < -0.4 is 10.6 Å². The fraction of sp³-hybridized carbons (Fsp3) is 0.579. The third-order valence-corrected chi connectivity index (χ3v) is 3.67. The Morgan fingerprint density at radius 3 is 2.38 bits per heavy atom. The lowest BCUT2D eigenvalue weighted by molar-refractivity contribution is -0.117. The van der Waals surface area contributed by atoms with Gasteiger partial charge in [-0.05, 0) is 50.6 Å². The van der Waals surface area contributed by atoms with Crippen LogP contribution >= 0.6 is 0 Å². The van der Waals surface area contributed by atoms with E-state index in [0.29, 0.717) is 24.3 Å². The van der Waals surface area contributed by atoms with Gasteiger partial charge < -0.3 is 10.6 Å². The molecule has 0 saturated heterocycles. The maximum absolute atomic E-state index is 12.2. The minimum Gasteiger partial charge on any atom is -0.352 e. The minimum atomic E-state index is -0.0989. The topological polar surface area (TPSA) is 61.4 Å². The Balaban J connectivity index is 2.59. The van der Waals surface area contributed by atoms with Crippen molar-refractivity contribution < 1.29 is 9.59 Å². The molecule has 0 atom stereocenters. The number of nitrogens with zero attached hydrogens (tertiary/aromatic N) is 1. The van der Waals surface area contributed by atoms with Crippen LogP contribution in [0.4, 0.5) is 5.69 Å². The Morgan fingerprint density at radius 1 is 1.04 bits per heavy atom. The maximum Gasteiger partial charge on any atom is 0.251 e. The highest BCUT2D eigenvalue weighted by molar-refractivity contribution is 5.97. The van der Waals surface area contributed by atoms with Crippen LogP contribution in [0, 0.1) is 0 Å². The van der Waals surface area contributed by atoms with E-state index in [1.165, 1.54) is 0 Å². The third-order valence-electron chi connectivity index (χ3n) is 3.67. The van der Waals surface area contributed by atoms with Crippen LogP contribution in [0.5, 0.6) is 0 Å². The van der Waals surface area contributed by atoms with Crippen molar-refractivity contribution >= 4 is 17.5 Å². The molecular formula is C19H31N3O2. The van der Waals surface area contributed by atoms with Crippen molar-refractivity contribution in [3.05, 3.63) is 29.8 Å². The smallest absolute Gasteiger partial charge is 0.251 e. The predicted molar refractivity (Wildman–Crippen MR) is 99.3 cm³/mol. The number of hydrogen-bond donors (Lipinski definition) is 2. The Labute approximate surface area is 145 Å². The third kappa shape index (κ3) is 7.59. The fourth-order valence-corrected chi connectivity index (χ4v) is 2.52. The van der Waals surface area contributed by atoms with E-state index in [2.05, 4.69) is 36.3 Å². The molecule has 0 radical (unpaired) electrons. The van der Waals surface area contributed by atoms with Crippen molar-refractivity contribution in [2.75, 3.05) is 31.5 Å². The first-order valence-corrected chi connectivity index (χ1v) is 9.01. The van der Waals surface area contributed by atoms with Gasteiger partial charge >= 0.3 is 0 Å². The molecule has 2 N–H and O–H groups in total. The lowest BCUT2D eigenvalue weighted by atomic mass is 10.2. The zero-order chi connectivity index (χ0) is 17.8. The van der Waals surface area contributed by atoms with Crippen molar-refractivity contribution in [2.45, 2.75) is 46.5 Å². The van der Waals surface area contributed by atoms with Crippen LogP contribution in [0.2, 0.25) is 0 Å². The van der Waals surface area contributed by atoms with Crippen molar-refractivity contribution in [3.8, 4) is 0 Å². The molecule has 1 rings (SSSR count). The Morgan fingerprint density at radius 2 is 1.75 bits per heavy atom. The molecule has 24 heavy (non-hydrogen) atoms. The van der Waals surface area contributed by atoms with Crippen molar-refractivity contribution in [2.24, 2.45) is 0 Å². The molecule has 0 aliphatic rings. The van der Waals surface area contributed by atoms with Crippen LogP contribution in [0.3, 0.4) is 0 Å². The molecule has 0 unspecified atom stereocenters. The molecule has 2 amide bonds. The first-order chi connectivity index (χ1) is 11.6. The lowest BCUT2D eigenvalue weighted by Crippen LogP contribution is -2.34. The molecule has 5 heteroatoms. The van der Waals surface area contributed by atoms with Crippen molar-refractivity contribution in [1.82, 2.24) is 10.2 Å². The molecule has 5 nitrogen and oxygen atoms in total. The van der Waals surface area contributed by atoms with Gasteiger partial charge in [0.25, 0.3) is 5.91 Å². The van der Waals surface area contributed by atoms with Gasteiger partial charge in [-0.3, -0.25) is 14.5 Å². The SMILES string of the molecule is CCCCNC(=O)c1cccc(NC(=O)CN(CCC)CCC)c1. The number of carbonyl (C=O) groups excluding carboxylic acids is 2. The number of hydrogen-bond acceptors (Lipinski definition) is 3. The summed E-state index contributed by atoms with van der Waals surface area (Å²) in [4.78, 5) is 26.4. The van der Waals surface area contributed by atoms with Crippen LogP contribution in [-0.2, 0) is 4.79 Å². The molecule has 0 bridgehead atoms. The summed E-state index contributed by atoms with van der Waals surface area (Å²) < 4.78 is 0. The molecule has 0 spiro atoms. The predicted octanol–water partition coefficient (Wildman–Crippen LogP) is 3.28. The number of nitrogens with one attached hydrogen (secondary N) is 2. The van der Waals surface area contributed by atoms with E-state index in [9.17, 15) is 9.59 Å². The number of amides is 2. The molecule has 0 aliphatic carbocycles. The standard InChI is InChI=1S/C19H31N3O2/c1-4-7-11-20-19(24)16-9-8-10-17(14-16)21-18(23)15-22(12-5-2)13-6-3/h8-10,14H,4-7,11-13,15H2,1-3H3,(H,20,24)(H,21,23). The second-order valence-electron chi connectivity index (χ2n) is 6.01. The summed E-state index contributed by atoms with van der Waals surface area (Å²) in [5, 5.41) is 5.78. The summed E-state index contributed by atoms with van der Waals surface area (Å²) in [7, 11) is 0. The number of unbranched alkanes of at least 4 members (excludes halogenated alkanes) is 1. The Bertz CT molecular complexity index is 511. The summed E-state index contributed by atoms with van der Waals surface area (Å²) in [6.07, 6.45) is 4.07. The second kappa shape index (κ2) is 11.6. The van der Waals surface area contributed by atoms with Gasteiger partial charge in [0.2, 0.25) is 5.91 Å². The molecule has 0 heterocycles. The van der Waals surface area contributed by atoms with Crippen LogP contribution in [0.15, 0.2) is 24.3 Å². The van der Waals surface area contributed by atoms with E-state index in [0.717, 1.165) is 38.8 Å². The number of rotatable bonds is 11. The highest BCUT2D eigenvalue weighted by Crippen LogP contribution is 2.11. The monoisotopic (exact) mass is 333 g/mol. The van der Waals surface area contributed by atoms with E-state index in [1.54, 1.807) is 18.2 Å². The van der Waals surface area contributed by atoms with Crippen molar-refractivity contribution in [3.63, 3.8) is 0 Å². The quantitative estimate of drug-likeness (QED) is 0.611. The summed E-state index contributed by atoms with van der Waals surface area (Å²) in [5.41, 5.74) is 1.24. The van der Waals surface area contributed by atoms with Gasteiger partial charge in [0, 0.05) is 17.8 Å². The lowest BCUT2D eigenvalue weighted by Gasteiger charge is -2.20. The largest absolute Gasteiger partial charge is 0.352 e. The van der Waals surface area contributed by atoms with Gasteiger partial charge in [-0.15, -0.1) is 0 Å². The zero-order valence-electron chi connectivity index (χ0n) is 15.2. The maximum atomic E-state index is 12.2. The zero-order valence-corrected chi connectivity index (χ0v) is 15.2. The molecule has 134 valence electrons. The summed E-state index contributed by atoms with van der Waals surface area (Å²) in [5.74, 6) is -0.140. The molecule has 0 fully saturated rings. The fourth-order valence-electron chi connectivity index (χ4n) is 2.52. The number of benzene rings is 1. The molecule has 1 aromatic rings. The van der Waals surface area contributed by atoms with Gasteiger partial charge in [-0.25, -0.2) is 0 Å². The van der Waals surface area contributed by atoms with Gasteiger partial charge in [-0.2, -0.15) is 0 Å². The van der Waals surface area contributed by atoms with E-state index < -0.39 is 0 Å². The highest BCUT2D eigenvalue weighted by atomic mass is 16.2. The number of carbonyl (C=O) groups is 2. The van der Waals surface area contributed by atoms with Crippen molar-refractivity contribution in [1.29, 1.82) is 0 Å². The van der Waals surface area contributed by atoms with Crippen LogP contribution in [-0.4, -0.2) is 42.9 Å². The average molecular weight is 333 g/mol. The van der Waals surface area contributed by atoms with Gasteiger partial charge in [0.05, 0.1) is 6.54 Å². The molecule has 0 aromatic heterocycles. The Hall–Kier alpha value is -1.88. The molecule has 0 saturated carbocycles. The first kappa shape index (κ1) is 20.2. The average Bonchev–Trinajstić information content (AvgIpc) is 2.55. The second-order valence-corrected chi connectivity index (χ2v) is 6.01. The summed E-state index contributed by atoms with van der Waals surface area (Å²) in [6, 6.07) is 7.09. The summed E-state index contributed by atoms with van der Waals surface area (Å²) in [6.45, 7) is 9.21. The minimum absolute atomic E-state index is 0.0413. The van der Waals surface area contributed by atoms with E-state index in [4.69, 9.17) is 0 Å². The van der Waals surface area contributed by atoms with E-state index in [-0.39, 0.29) is 11.8 Å². The van der Waals surface area contributed by atoms with Gasteiger partial charge in [0.15, 0.2) is 0 Å². The van der Waals surface area contributed by atoms with Gasteiger partial charge in [0.1, 0.15) is 0 Å². The van der Waals surface area contributed by atoms with Gasteiger partial charge in [-0.1, -0.05) is 33.3 Å². The van der Waals surface area contributed by atoms with E-state index in [1.807, 2.05) is 6.07 Å². The normalized spacial score (nSPS) is 10.7. The molecular weight excluding hydrogens is 302 g/mol. The highest BCUT2D eigenvalue weighted by Gasteiger charge is 2.11. The van der Waals surface area contributed by atoms with Crippen LogP contribution in [0.25, 0.3) is 0 Å². The molecule has 0 aliphatic heterocycles. The number of anilines is 1. The summed E-state index contributed by atoms with van der Waals surface area (Å²) >= 11 is 0. The van der Waals surface area contributed by atoms with Crippen LogP contribution in [0.1, 0.15) is 56.8 Å². The first-order valence-electron chi connectivity index (χ1n) is 9.01. The molecule has 1 aromatic carbocycles. The van der Waals surface area contributed by atoms with E-state index >= 15 is 0 Å². The Kier molecular flexibility index (Phi) is 9.77.